The van der Waals surface area contributed by atoms with E-state index in [0.717, 1.165) is 11.8 Å². The van der Waals surface area contributed by atoms with Crippen molar-refractivity contribution in [1.29, 1.82) is 0 Å². The number of pyridine rings is 1. The lowest BCUT2D eigenvalue weighted by atomic mass is 9.72. The summed E-state index contributed by atoms with van der Waals surface area (Å²) in [6.07, 6.45) is 2.86. The number of alkyl halides is 2. The van der Waals surface area contributed by atoms with E-state index in [-0.39, 0.29) is 10.4 Å². The summed E-state index contributed by atoms with van der Waals surface area (Å²) in [6, 6.07) is 10.8. The second-order valence-electron chi connectivity index (χ2n) is 9.81. The van der Waals surface area contributed by atoms with E-state index in [1.165, 1.54) is 12.3 Å². The number of sulfone groups is 1. The van der Waals surface area contributed by atoms with Crippen molar-refractivity contribution in [2.75, 3.05) is 26.0 Å². The van der Waals surface area contributed by atoms with Crippen molar-refractivity contribution in [1.82, 2.24) is 9.88 Å². The lowest BCUT2D eigenvalue weighted by Crippen LogP contribution is -2.61. The lowest BCUT2D eigenvalue weighted by molar-refractivity contribution is -0.301. The van der Waals surface area contributed by atoms with E-state index in [2.05, 4.69) is 23.7 Å². The van der Waals surface area contributed by atoms with Gasteiger partial charge in [0, 0.05) is 40.7 Å². The van der Waals surface area contributed by atoms with Gasteiger partial charge in [-0.25, -0.2) is 17.2 Å². The second kappa shape index (κ2) is 8.56. The molecule has 2 aliphatic heterocycles. The molecule has 2 saturated heterocycles. The number of aryl methyl sites for hydroxylation is 1. The van der Waals surface area contributed by atoms with Crippen LogP contribution in [-0.2, 0) is 26.5 Å². The quantitative estimate of drug-likeness (QED) is 0.552. The number of aromatic nitrogens is 1. The molecule has 2 aromatic rings. The van der Waals surface area contributed by atoms with Crippen LogP contribution < -0.4 is 0 Å². The minimum atomic E-state index is -3.34. The maximum absolute atomic E-state index is 14.6. The third-order valence-corrected chi connectivity index (χ3v) is 8.56. The van der Waals surface area contributed by atoms with Gasteiger partial charge in [-0.2, -0.15) is 0 Å². The molecule has 1 unspecified atom stereocenters. The first-order valence-electron chi connectivity index (χ1n) is 11.0. The average Bonchev–Trinajstić information content (AvgIpc) is 3.17. The Hall–Kier alpha value is -1.61. The fourth-order valence-corrected chi connectivity index (χ4v) is 5.72. The van der Waals surface area contributed by atoms with Crippen LogP contribution in [0.2, 0.25) is 5.02 Å². The molecular weight excluding hydrogens is 470 g/mol. The molecule has 1 aromatic heterocycles. The van der Waals surface area contributed by atoms with Crippen LogP contribution in [0.25, 0.3) is 0 Å². The van der Waals surface area contributed by atoms with Gasteiger partial charge in [-0.15, -0.1) is 0 Å². The summed E-state index contributed by atoms with van der Waals surface area (Å²) in [4.78, 5) is 6.66. The summed E-state index contributed by atoms with van der Waals surface area (Å²) >= 11 is 6.05. The normalized spacial score (nSPS) is 25.7. The largest absolute Gasteiger partial charge is 0.365 e. The molecule has 0 saturated carbocycles. The van der Waals surface area contributed by atoms with Crippen LogP contribution in [0, 0.1) is 5.41 Å². The molecule has 0 bridgehead atoms. The number of nitrogens with zero attached hydrogens (tertiary/aromatic N) is 2. The zero-order valence-corrected chi connectivity index (χ0v) is 20.6. The van der Waals surface area contributed by atoms with Crippen LogP contribution in [-0.4, -0.2) is 56.3 Å². The number of halogens is 3. The molecule has 3 heterocycles. The predicted octanol–water partition coefficient (Wildman–Crippen LogP) is 4.73. The number of ether oxygens (including phenoxy) is 1. The third kappa shape index (κ3) is 4.81. The van der Waals surface area contributed by atoms with Crippen molar-refractivity contribution >= 4 is 21.4 Å². The van der Waals surface area contributed by atoms with E-state index in [4.69, 9.17) is 16.3 Å². The van der Waals surface area contributed by atoms with Crippen molar-refractivity contribution < 1.29 is 21.9 Å². The Morgan fingerprint density at radius 1 is 1.21 bits per heavy atom. The minimum Gasteiger partial charge on any atom is -0.365 e. The molecule has 0 spiro atoms. The molecule has 33 heavy (non-hydrogen) atoms. The molecule has 9 heteroatoms. The molecule has 0 amide bonds. The minimum absolute atomic E-state index is 0.145. The van der Waals surface area contributed by atoms with Gasteiger partial charge in [0.15, 0.2) is 9.84 Å². The van der Waals surface area contributed by atoms with Crippen molar-refractivity contribution in [3.63, 3.8) is 0 Å². The Morgan fingerprint density at radius 2 is 1.91 bits per heavy atom. The van der Waals surface area contributed by atoms with Gasteiger partial charge in [0.05, 0.1) is 4.90 Å². The van der Waals surface area contributed by atoms with Crippen LogP contribution in [0.4, 0.5) is 8.78 Å². The molecule has 5 nitrogen and oxygen atoms in total. The number of benzene rings is 1. The highest BCUT2D eigenvalue weighted by molar-refractivity contribution is 7.90. The number of hydrogen-bond acceptors (Lipinski definition) is 5. The van der Waals surface area contributed by atoms with E-state index in [9.17, 15) is 17.2 Å². The lowest BCUT2D eigenvalue weighted by Gasteiger charge is -2.48. The Kier molecular flexibility index (Phi) is 6.36. The van der Waals surface area contributed by atoms with Gasteiger partial charge >= 0.3 is 0 Å². The standard InChI is InChI=1S/C24H29ClF2N2O3S/c1-22(2,17-4-6-18(25)7-5-17)29-13-12-23(15-29,21-24(26,27)16-32-21)11-10-19-8-9-20(14-28-19)33(3,30)31/h4-9,14,21H,10-13,15-16H2,1-3H3/t21?,23-/m1/s1. The summed E-state index contributed by atoms with van der Waals surface area (Å²) in [7, 11) is -3.34. The first kappa shape index (κ1) is 24.5. The average molecular weight is 499 g/mol. The van der Waals surface area contributed by atoms with Crippen LogP contribution in [0.5, 0.6) is 0 Å². The Bertz CT molecular complexity index is 1110. The maximum Gasteiger partial charge on any atom is 0.297 e. The zero-order chi connectivity index (χ0) is 24.1. The Balaban J connectivity index is 1.55. The fourth-order valence-electron chi connectivity index (χ4n) is 5.04. The van der Waals surface area contributed by atoms with Gasteiger partial charge < -0.3 is 4.74 Å². The molecule has 2 fully saturated rings. The first-order chi connectivity index (χ1) is 15.3. The fraction of sp³-hybridized carbons (Fsp3) is 0.542. The van der Waals surface area contributed by atoms with Crippen LogP contribution in [0.15, 0.2) is 47.5 Å². The van der Waals surface area contributed by atoms with Crippen molar-refractivity contribution in [2.45, 2.75) is 55.6 Å². The van der Waals surface area contributed by atoms with Gasteiger partial charge in [-0.3, -0.25) is 9.88 Å². The smallest absolute Gasteiger partial charge is 0.297 e. The highest BCUT2D eigenvalue weighted by Crippen LogP contribution is 2.52. The van der Waals surface area contributed by atoms with E-state index in [1.54, 1.807) is 6.07 Å². The van der Waals surface area contributed by atoms with E-state index in [1.807, 2.05) is 24.3 Å². The summed E-state index contributed by atoms with van der Waals surface area (Å²) < 4.78 is 58.0. The second-order valence-corrected chi connectivity index (χ2v) is 12.3. The SMILES string of the molecule is CC(C)(c1ccc(Cl)cc1)N1CC[C@@](CCc2ccc(S(C)(=O)=O)cn2)(C2OCC2(F)F)C1. The summed E-state index contributed by atoms with van der Waals surface area (Å²) in [5, 5.41) is 0.655. The zero-order valence-electron chi connectivity index (χ0n) is 19.0. The molecule has 2 atom stereocenters. The summed E-state index contributed by atoms with van der Waals surface area (Å²) in [6.45, 7) is 4.80. The highest BCUT2D eigenvalue weighted by atomic mass is 35.5. The van der Waals surface area contributed by atoms with Gasteiger partial charge in [0.1, 0.15) is 12.7 Å². The number of likely N-dealkylation sites (tertiary alicyclic amines) is 1. The Labute approximate surface area is 199 Å². The maximum atomic E-state index is 14.6. The van der Waals surface area contributed by atoms with E-state index >= 15 is 0 Å². The molecule has 0 aliphatic carbocycles. The van der Waals surface area contributed by atoms with Crippen LogP contribution in [0.1, 0.15) is 37.9 Å². The molecule has 2 aliphatic rings. The van der Waals surface area contributed by atoms with E-state index < -0.39 is 33.9 Å². The molecular formula is C24H29ClF2N2O3S. The van der Waals surface area contributed by atoms with Crippen LogP contribution >= 0.6 is 11.6 Å². The highest BCUT2D eigenvalue weighted by Gasteiger charge is 2.62. The Morgan fingerprint density at radius 3 is 2.42 bits per heavy atom. The monoisotopic (exact) mass is 498 g/mol. The first-order valence-corrected chi connectivity index (χ1v) is 13.3. The number of rotatable bonds is 7. The van der Waals surface area contributed by atoms with Gasteiger partial charge in [-0.1, -0.05) is 23.7 Å². The van der Waals surface area contributed by atoms with Crippen LogP contribution in [0.3, 0.4) is 0 Å². The van der Waals surface area contributed by atoms with Gasteiger partial charge in [0.25, 0.3) is 5.92 Å². The van der Waals surface area contributed by atoms with Crippen molar-refractivity contribution in [3.8, 4) is 0 Å². The third-order valence-electron chi connectivity index (χ3n) is 7.21. The van der Waals surface area contributed by atoms with Crippen molar-refractivity contribution in [3.05, 3.63) is 58.9 Å². The van der Waals surface area contributed by atoms with Crippen molar-refractivity contribution in [2.24, 2.45) is 5.41 Å². The van der Waals surface area contributed by atoms with Gasteiger partial charge in [0.2, 0.25) is 0 Å². The molecule has 4 rings (SSSR count). The summed E-state index contributed by atoms with van der Waals surface area (Å²) in [5.74, 6) is -2.85. The van der Waals surface area contributed by atoms with E-state index in [0.29, 0.717) is 43.1 Å². The number of hydrogen-bond donors (Lipinski definition) is 0. The summed E-state index contributed by atoms with van der Waals surface area (Å²) in [5.41, 5.74) is 0.672. The predicted molar refractivity (Wildman–Crippen MR) is 123 cm³/mol. The molecule has 180 valence electrons. The molecule has 0 radical (unpaired) electrons. The topological polar surface area (TPSA) is 59.5 Å². The van der Waals surface area contributed by atoms with Gasteiger partial charge in [-0.05, 0) is 69.5 Å². The molecule has 1 aromatic carbocycles. The molecule has 0 N–H and O–H groups in total.